The van der Waals surface area contributed by atoms with Gasteiger partial charge in [0.25, 0.3) is 0 Å². The van der Waals surface area contributed by atoms with Gasteiger partial charge < -0.3 is 25.7 Å². The molecule has 0 aromatic carbocycles. The van der Waals surface area contributed by atoms with Crippen LogP contribution in [0.3, 0.4) is 0 Å². The lowest BCUT2D eigenvalue weighted by Crippen LogP contribution is -2.58. The lowest BCUT2D eigenvalue weighted by molar-refractivity contribution is -0.238. The Balaban J connectivity index is 1.59. The van der Waals surface area contributed by atoms with Gasteiger partial charge in [-0.25, -0.2) is 15.0 Å². The molecule has 2 saturated heterocycles. The third-order valence-electron chi connectivity index (χ3n) is 5.16. The molecule has 1 aliphatic carbocycles. The van der Waals surface area contributed by atoms with E-state index in [-0.39, 0.29) is 24.5 Å². The molecule has 0 amide bonds. The third kappa shape index (κ3) is 1.80. The fourth-order valence-electron chi connectivity index (χ4n) is 4.21. The number of imidazole rings is 1. The highest BCUT2D eigenvalue weighted by molar-refractivity contribution is 5.81. The van der Waals surface area contributed by atoms with E-state index in [1.165, 1.54) is 6.33 Å². The van der Waals surface area contributed by atoms with Gasteiger partial charge >= 0.3 is 0 Å². The second kappa shape index (κ2) is 4.42. The van der Waals surface area contributed by atoms with Crippen LogP contribution in [-0.2, 0) is 14.2 Å². The Morgan fingerprint density at radius 2 is 1.96 bits per heavy atom. The van der Waals surface area contributed by atoms with Gasteiger partial charge in [0, 0.05) is 6.04 Å². The number of ether oxygens (including phenoxy) is 3. The number of nitrogens with zero attached hydrogens (tertiary/aromatic N) is 4. The Labute approximate surface area is 138 Å². The van der Waals surface area contributed by atoms with E-state index >= 15 is 0 Å². The third-order valence-corrected chi connectivity index (χ3v) is 5.16. The summed E-state index contributed by atoms with van der Waals surface area (Å²) in [5, 5.41) is 0. The number of rotatable bonds is 1. The molecule has 0 bridgehead atoms. The average Bonchev–Trinajstić information content (AvgIpc) is 3.11. The minimum atomic E-state index is -0.658. The zero-order chi connectivity index (χ0) is 16.7. The first-order chi connectivity index (χ1) is 11.4. The number of fused-ring (bicyclic) bond motifs is 3. The molecule has 2 aromatic heterocycles. The van der Waals surface area contributed by atoms with E-state index in [2.05, 4.69) is 15.0 Å². The van der Waals surface area contributed by atoms with Gasteiger partial charge in [-0.1, -0.05) is 0 Å². The molecule has 0 unspecified atom stereocenters. The van der Waals surface area contributed by atoms with E-state index in [9.17, 15) is 0 Å². The predicted octanol–water partition coefficient (Wildman–Crippen LogP) is 0.317. The molecule has 3 fully saturated rings. The second-order valence-electron chi connectivity index (χ2n) is 7.35. The topological polar surface area (TPSA) is 123 Å². The van der Waals surface area contributed by atoms with Crippen molar-refractivity contribution in [3.8, 4) is 0 Å². The van der Waals surface area contributed by atoms with Gasteiger partial charge in [0.15, 0.2) is 23.5 Å². The highest BCUT2D eigenvalue weighted by Crippen LogP contribution is 2.55. The van der Waals surface area contributed by atoms with Crippen LogP contribution in [-0.4, -0.2) is 49.2 Å². The molecule has 1 saturated carbocycles. The Morgan fingerprint density at radius 3 is 2.71 bits per heavy atom. The number of nitrogen functional groups attached to an aromatic ring is 1. The molecule has 3 aliphatic rings. The maximum Gasteiger partial charge on any atom is 0.167 e. The molecular formula is C15H20N6O3. The first-order valence-electron chi connectivity index (χ1n) is 8.11. The smallest absolute Gasteiger partial charge is 0.167 e. The van der Waals surface area contributed by atoms with Crippen molar-refractivity contribution in [3.63, 3.8) is 0 Å². The molecule has 128 valence electrons. The fraction of sp³-hybridized carbons (Fsp3) is 0.667. The number of hydrogen-bond donors (Lipinski definition) is 2. The lowest BCUT2D eigenvalue weighted by Gasteiger charge is -2.45. The van der Waals surface area contributed by atoms with Crippen molar-refractivity contribution >= 4 is 17.0 Å². The van der Waals surface area contributed by atoms with Gasteiger partial charge in [0.2, 0.25) is 0 Å². The Hall–Kier alpha value is -1.81. The van der Waals surface area contributed by atoms with Crippen molar-refractivity contribution in [3.05, 3.63) is 12.7 Å². The predicted molar refractivity (Wildman–Crippen MR) is 83.6 cm³/mol. The monoisotopic (exact) mass is 332 g/mol. The van der Waals surface area contributed by atoms with Gasteiger partial charge in [-0.3, -0.25) is 4.57 Å². The van der Waals surface area contributed by atoms with Gasteiger partial charge in [0.1, 0.15) is 29.7 Å². The van der Waals surface area contributed by atoms with Crippen molar-refractivity contribution in [2.75, 3.05) is 5.73 Å². The van der Waals surface area contributed by atoms with Crippen molar-refractivity contribution in [2.24, 2.45) is 5.73 Å². The van der Waals surface area contributed by atoms with E-state index < -0.39 is 11.4 Å². The summed E-state index contributed by atoms with van der Waals surface area (Å²) in [6.45, 7) is 3.84. The lowest BCUT2D eigenvalue weighted by atomic mass is 9.72. The van der Waals surface area contributed by atoms with Crippen molar-refractivity contribution in [2.45, 2.75) is 62.6 Å². The van der Waals surface area contributed by atoms with E-state index in [4.69, 9.17) is 25.7 Å². The van der Waals surface area contributed by atoms with E-state index in [0.717, 1.165) is 12.8 Å². The molecule has 4 N–H and O–H groups in total. The van der Waals surface area contributed by atoms with Crippen LogP contribution in [0.4, 0.5) is 5.82 Å². The maximum absolute atomic E-state index is 6.40. The number of anilines is 1. The molecule has 2 aromatic rings. The van der Waals surface area contributed by atoms with Crippen LogP contribution < -0.4 is 11.5 Å². The molecule has 5 rings (SSSR count). The summed E-state index contributed by atoms with van der Waals surface area (Å²) >= 11 is 0. The SMILES string of the molecule is CC1(C)O[C@H]2[C@H](n3cnc4c(N)ncnc43)O[C@]3(C[C@@H](N)C3)[C@H]2O1. The largest absolute Gasteiger partial charge is 0.382 e. The first kappa shape index (κ1) is 14.5. The quantitative estimate of drug-likeness (QED) is 0.765. The van der Waals surface area contributed by atoms with Gasteiger partial charge in [-0.2, -0.15) is 0 Å². The molecular weight excluding hydrogens is 312 g/mol. The van der Waals surface area contributed by atoms with Crippen LogP contribution in [0.2, 0.25) is 0 Å². The summed E-state index contributed by atoms with van der Waals surface area (Å²) in [4.78, 5) is 12.6. The Morgan fingerprint density at radius 1 is 1.17 bits per heavy atom. The molecule has 9 nitrogen and oxygen atoms in total. The summed E-state index contributed by atoms with van der Waals surface area (Å²) < 4.78 is 20.5. The van der Waals surface area contributed by atoms with Crippen LogP contribution >= 0.6 is 0 Å². The first-order valence-corrected chi connectivity index (χ1v) is 8.11. The zero-order valence-corrected chi connectivity index (χ0v) is 13.5. The van der Waals surface area contributed by atoms with Gasteiger partial charge in [-0.05, 0) is 26.7 Å². The van der Waals surface area contributed by atoms with Gasteiger partial charge in [-0.15, -0.1) is 0 Å². The Kier molecular flexibility index (Phi) is 2.68. The summed E-state index contributed by atoms with van der Waals surface area (Å²) in [6, 6.07) is 0.134. The van der Waals surface area contributed by atoms with E-state index in [0.29, 0.717) is 17.0 Å². The molecule has 24 heavy (non-hydrogen) atoms. The van der Waals surface area contributed by atoms with Crippen molar-refractivity contribution in [1.29, 1.82) is 0 Å². The fourth-order valence-corrected chi connectivity index (χ4v) is 4.21. The minimum Gasteiger partial charge on any atom is -0.382 e. The van der Waals surface area contributed by atoms with Crippen LogP contribution in [0.5, 0.6) is 0 Å². The summed E-state index contributed by atoms with van der Waals surface area (Å²) in [6.07, 6.45) is 3.82. The summed E-state index contributed by atoms with van der Waals surface area (Å²) in [5.41, 5.74) is 12.7. The number of nitrogens with two attached hydrogens (primary N) is 2. The molecule has 9 heteroatoms. The molecule has 1 spiro atoms. The highest BCUT2D eigenvalue weighted by atomic mass is 16.8. The average molecular weight is 332 g/mol. The molecule has 0 radical (unpaired) electrons. The van der Waals surface area contributed by atoms with Crippen LogP contribution in [0, 0.1) is 0 Å². The Bertz CT molecular complexity index is 815. The highest BCUT2D eigenvalue weighted by Gasteiger charge is 2.67. The van der Waals surface area contributed by atoms with E-state index in [1.807, 2.05) is 18.4 Å². The minimum absolute atomic E-state index is 0.134. The normalized spacial score (nSPS) is 40.1. The summed E-state index contributed by atoms with van der Waals surface area (Å²) in [7, 11) is 0. The molecule has 4 heterocycles. The van der Waals surface area contributed by atoms with Gasteiger partial charge in [0.05, 0.1) is 6.33 Å². The molecule has 2 aliphatic heterocycles. The number of aromatic nitrogens is 4. The van der Waals surface area contributed by atoms with Crippen molar-refractivity contribution in [1.82, 2.24) is 19.5 Å². The molecule has 3 atom stereocenters. The van der Waals surface area contributed by atoms with Crippen LogP contribution in [0.25, 0.3) is 11.2 Å². The zero-order valence-electron chi connectivity index (χ0n) is 13.5. The standard InChI is InChI=1S/C15H20N6O3/c1-14(2)22-9-10(23-14)15(3-7(16)4-15)24-13(9)21-6-20-8-11(17)18-5-19-12(8)21/h5-7,9-10,13H,3-4,16H2,1-2H3,(H2,17,18,19)/t7-,9-,10+,13-,15+/m1/s1. The van der Waals surface area contributed by atoms with Crippen LogP contribution in [0.15, 0.2) is 12.7 Å². The second-order valence-corrected chi connectivity index (χ2v) is 7.35. The number of hydrogen-bond acceptors (Lipinski definition) is 8. The van der Waals surface area contributed by atoms with Crippen molar-refractivity contribution < 1.29 is 14.2 Å². The summed E-state index contributed by atoms with van der Waals surface area (Å²) in [5.74, 6) is -0.313. The maximum atomic E-state index is 6.40. The van der Waals surface area contributed by atoms with E-state index in [1.54, 1.807) is 6.33 Å². The van der Waals surface area contributed by atoms with Crippen LogP contribution in [0.1, 0.15) is 32.9 Å².